The number of carbonyl (C=O) groups is 2. The van der Waals surface area contributed by atoms with Crippen molar-refractivity contribution in [3.63, 3.8) is 0 Å². The van der Waals surface area contributed by atoms with E-state index in [9.17, 15) is 19.8 Å². The highest BCUT2D eigenvalue weighted by Gasteiger charge is 2.95. The van der Waals surface area contributed by atoms with Gasteiger partial charge in [0.15, 0.2) is 6.10 Å². The highest BCUT2D eigenvalue weighted by molar-refractivity contribution is 5.91. The van der Waals surface area contributed by atoms with E-state index in [4.69, 9.17) is 14.2 Å². The minimum atomic E-state index is -1.47. The first kappa shape index (κ1) is 13.3. The van der Waals surface area contributed by atoms with Crippen molar-refractivity contribution in [2.45, 2.75) is 62.3 Å². The van der Waals surface area contributed by atoms with E-state index in [-0.39, 0.29) is 6.42 Å². The molecule has 1 spiro atoms. The lowest BCUT2D eigenvalue weighted by Gasteiger charge is -2.53. The highest BCUT2D eigenvalue weighted by atomic mass is 16.7. The van der Waals surface area contributed by atoms with Gasteiger partial charge in [-0.2, -0.15) is 0 Å². The third-order valence-corrected chi connectivity index (χ3v) is 6.85. The van der Waals surface area contributed by atoms with Gasteiger partial charge in [0.1, 0.15) is 12.2 Å². The zero-order valence-electron chi connectivity index (χ0n) is 12.5. The molecule has 7 heteroatoms. The van der Waals surface area contributed by atoms with Crippen molar-refractivity contribution in [1.29, 1.82) is 0 Å². The van der Waals surface area contributed by atoms with Gasteiger partial charge in [-0.25, -0.2) is 4.79 Å². The van der Waals surface area contributed by atoms with Crippen LogP contribution in [0.25, 0.3) is 0 Å². The molecule has 3 heterocycles. The topological polar surface area (TPSA) is 106 Å². The molecule has 5 rings (SSSR count). The molecule has 0 aromatic carbocycles. The molecule has 0 amide bonds. The van der Waals surface area contributed by atoms with E-state index in [0.717, 1.165) is 0 Å². The normalized spacial score (nSPS) is 60.7. The van der Waals surface area contributed by atoms with E-state index >= 15 is 0 Å². The van der Waals surface area contributed by atoms with Gasteiger partial charge in [-0.3, -0.25) is 4.79 Å². The molecule has 120 valence electrons. The fraction of sp³-hybridized carbons (Fsp3) is 0.867. The quantitative estimate of drug-likeness (QED) is 0.479. The molecular formula is C15H18O7. The Bertz CT molecular complexity index is 638. The van der Waals surface area contributed by atoms with Crippen molar-refractivity contribution in [1.82, 2.24) is 0 Å². The zero-order valence-corrected chi connectivity index (χ0v) is 12.5. The first-order valence-electron chi connectivity index (χ1n) is 7.63. The number of aliphatic hydroxyl groups is 2. The fourth-order valence-corrected chi connectivity index (χ4v) is 5.83. The predicted molar refractivity (Wildman–Crippen MR) is 68.3 cm³/mol. The van der Waals surface area contributed by atoms with Gasteiger partial charge in [-0.05, 0) is 20.8 Å². The number of carbonyl (C=O) groups excluding carboxylic acids is 2. The van der Waals surface area contributed by atoms with Gasteiger partial charge in [-0.1, -0.05) is 0 Å². The SMILES string of the molecule is CC(C)(O)[C@@H]1[C@@H]2OC(=O)[C@H]1[C@@]1(O)C[C@@H]3O[C@@]34C(=O)O[C@@H]2[C@@]14C. The van der Waals surface area contributed by atoms with E-state index in [1.165, 1.54) is 0 Å². The molecule has 5 aliphatic rings. The second-order valence-corrected chi connectivity index (χ2v) is 8.06. The lowest BCUT2D eigenvalue weighted by Crippen LogP contribution is -2.68. The standard InChI is InChI=1S/C15H18O7/c1-12(2,18)6-7-10(16)20-8(6)9-13(3)14(7,19)4-5-15(13,22-5)11(17)21-9/h5-9,18-19H,4H2,1-3H3/t5-,6-,7-,8-,9-,13-,14-,15+/m0/s1. The van der Waals surface area contributed by atoms with Gasteiger partial charge in [-0.15, -0.1) is 0 Å². The van der Waals surface area contributed by atoms with E-state index in [1.807, 2.05) is 0 Å². The van der Waals surface area contributed by atoms with Crippen molar-refractivity contribution >= 4 is 11.9 Å². The molecule has 2 aliphatic carbocycles. The van der Waals surface area contributed by atoms with Crippen molar-refractivity contribution < 1.29 is 34.0 Å². The molecule has 22 heavy (non-hydrogen) atoms. The Morgan fingerprint density at radius 3 is 2.59 bits per heavy atom. The molecule has 8 atom stereocenters. The number of ether oxygens (including phenoxy) is 3. The van der Waals surface area contributed by atoms with Gasteiger partial charge in [0, 0.05) is 12.3 Å². The average molecular weight is 310 g/mol. The molecule has 0 aromatic rings. The Kier molecular flexibility index (Phi) is 1.85. The Balaban J connectivity index is 1.76. The van der Waals surface area contributed by atoms with Crippen LogP contribution in [0.1, 0.15) is 27.2 Å². The summed E-state index contributed by atoms with van der Waals surface area (Å²) in [4.78, 5) is 24.8. The molecule has 5 fully saturated rings. The molecule has 2 saturated carbocycles. The monoisotopic (exact) mass is 310 g/mol. The minimum Gasteiger partial charge on any atom is -0.458 e. The highest BCUT2D eigenvalue weighted by Crippen LogP contribution is 2.77. The summed E-state index contributed by atoms with van der Waals surface area (Å²) >= 11 is 0. The molecule has 7 nitrogen and oxygen atoms in total. The van der Waals surface area contributed by atoms with Gasteiger partial charge in [0.2, 0.25) is 5.60 Å². The molecule has 3 aliphatic heterocycles. The fourth-order valence-electron chi connectivity index (χ4n) is 5.83. The number of epoxide rings is 1. The van der Waals surface area contributed by atoms with Crippen LogP contribution in [0.4, 0.5) is 0 Å². The maximum Gasteiger partial charge on any atom is 0.342 e. The van der Waals surface area contributed by atoms with E-state index < -0.39 is 64.3 Å². The number of fused-ring (bicyclic) bond motifs is 4. The average Bonchev–Trinajstić information content (AvgIpc) is 2.85. The van der Waals surface area contributed by atoms with Crippen LogP contribution in [0.3, 0.4) is 0 Å². The summed E-state index contributed by atoms with van der Waals surface area (Å²) < 4.78 is 16.5. The van der Waals surface area contributed by atoms with Crippen LogP contribution < -0.4 is 0 Å². The summed E-state index contributed by atoms with van der Waals surface area (Å²) in [6.07, 6.45) is -1.78. The summed E-state index contributed by atoms with van der Waals surface area (Å²) in [5.74, 6) is -2.51. The smallest absolute Gasteiger partial charge is 0.342 e. The number of esters is 2. The maximum absolute atomic E-state index is 12.4. The van der Waals surface area contributed by atoms with Crippen molar-refractivity contribution in [2.24, 2.45) is 17.3 Å². The Hall–Kier alpha value is -1.18. The summed E-state index contributed by atoms with van der Waals surface area (Å²) in [7, 11) is 0. The second-order valence-electron chi connectivity index (χ2n) is 8.06. The lowest BCUT2D eigenvalue weighted by atomic mass is 9.52. The molecule has 2 bridgehead atoms. The van der Waals surface area contributed by atoms with Crippen molar-refractivity contribution in [3.8, 4) is 0 Å². The van der Waals surface area contributed by atoms with E-state index in [0.29, 0.717) is 0 Å². The Morgan fingerprint density at radius 1 is 1.27 bits per heavy atom. The molecule has 0 aromatic heterocycles. The van der Waals surface area contributed by atoms with Crippen LogP contribution in [0, 0.1) is 17.3 Å². The van der Waals surface area contributed by atoms with Crippen LogP contribution in [0.5, 0.6) is 0 Å². The van der Waals surface area contributed by atoms with Gasteiger partial charge >= 0.3 is 11.9 Å². The molecule has 2 N–H and O–H groups in total. The largest absolute Gasteiger partial charge is 0.458 e. The lowest BCUT2D eigenvalue weighted by molar-refractivity contribution is -0.223. The predicted octanol–water partition coefficient (Wildman–Crippen LogP) is -0.867. The van der Waals surface area contributed by atoms with Crippen LogP contribution >= 0.6 is 0 Å². The summed E-state index contributed by atoms with van der Waals surface area (Å²) in [5.41, 5.74) is -4.89. The number of hydrogen-bond donors (Lipinski definition) is 2. The first-order chi connectivity index (χ1) is 10.1. The molecule has 0 radical (unpaired) electrons. The number of rotatable bonds is 1. The van der Waals surface area contributed by atoms with Crippen LogP contribution in [-0.4, -0.2) is 57.3 Å². The Labute approximate surface area is 126 Å². The minimum absolute atomic E-state index is 0.189. The molecule has 3 saturated heterocycles. The first-order valence-corrected chi connectivity index (χ1v) is 7.63. The third kappa shape index (κ3) is 0.962. The number of hydrogen-bond acceptors (Lipinski definition) is 7. The summed E-state index contributed by atoms with van der Waals surface area (Å²) in [6.45, 7) is 4.92. The zero-order chi connectivity index (χ0) is 15.9. The summed E-state index contributed by atoms with van der Waals surface area (Å²) in [6, 6.07) is 0. The van der Waals surface area contributed by atoms with E-state index in [1.54, 1.807) is 20.8 Å². The van der Waals surface area contributed by atoms with Crippen molar-refractivity contribution in [3.05, 3.63) is 0 Å². The third-order valence-electron chi connectivity index (χ3n) is 6.85. The molecule has 0 unspecified atom stereocenters. The van der Waals surface area contributed by atoms with Gasteiger partial charge in [0.05, 0.1) is 22.5 Å². The molecular weight excluding hydrogens is 292 g/mol. The van der Waals surface area contributed by atoms with Crippen LogP contribution in [0.15, 0.2) is 0 Å². The maximum atomic E-state index is 12.4. The van der Waals surface area contributed by atoms with Gasteiger partial charge in [0.25, 0.3) is 0 Å². The summed E-state index contributed by atoms with van der Waals surface area (Å²) in [5, 5.41) is 21.9. The Morgan fingerprint density at radius 2 is 1.95 bits per heavy atom. The van der Waals surface area contributed by atoms with Crippen LogP contribution in [0.2, 0.25) is 0 Å². The van der Waals surface area contributed by atoms with Crippen molar-refractivity contribution in [2.75, 3.05) is 0 Å². The van der Waals surface area contributed by atoms with E-state index in [2.05, 4.69) is 0 Å². The second kappa shape index (κ2) is 3.07. The van der Waals surface area contributed by atoms with Gasteiger partial charge < -0.3 is 24.4 Å². The van der Waals surface area contributed by atoms with Crippen LogP contribution in [-0.2, 0) is 23.8 Å².